The highest BCUT2D eigenvalue weighted by molar-refractivity contribution is 5.93. The van der Waals surface area contributed by atoms with Crippen LogP contribution in [0.15, 0.2) is 54.6 Å². The Labute approximate surface area is 202 Å². The molecule has 8 N–H and O–H groups in total. The first-order valence-corrected chi connectivity index (χ1v) is 10.9. The van der Waals surface area contributed by atoms with Gasteiger partial charge in [-0.05, 0) is 36.6 Å². The summed E-state index contributed by atoms with van der Waals surface area (Å²) in [4.78, 5) is 48.7. The number of benzene rings is 2. The summed E-state index contributed by atoms with van der Waals surface area (Å²) in [6.45, 7) is 0.721. The number of nitrogens with two attached hydrogens (primary N) is 1. The Balaban J connectivity index is 1.89. The first-order chi connectivity index (χ1) is 16.6. The monoisotopic (exact) mass is 486 g/mol. The van der Waals surface area contributed by atoms with Gasteiger partial charge < -0.3 is 37.0 Å². The first kappa shape index (κ1) is 27.3. The predicted molar refractivity (Wildman–Crippen MR) is 126 cm³/mol. The van der Waals surface area contributed by atoms with E-state index in [1.54, 1.807) is 24.3 Å². The van der Waals surface area contributed by atoms with E-state index in [0.29, 0.717) is 5.56 Å². The van der Waals surface area contributed by atoms with Crippen molar-refractivity contribution in [2.45, 2.75) is 44.0 Å². The Morgan fingerprint density at radius 3 is 2.06 bits per heavy atom. The highest BCUT2D eigenvalue weighted by atomic mass is 16.4. The predicted octanol–water partition coefficient (Wildman–Crippen LogP) is -0.944. The standard InChI is InChI=1S/C24H30N4O7/c1-14(29)21(28-22(32)18(25)11-15-5-3-2-4-6-15)23(33)26-13-20(31)27-19(24(34)35)12-16-7-9-17(30)10-8-16/h2-10,14,18-19,21,29-30H,11-13,25H2,1H3,(H,26,33)(H,27,31)(H,28,32)(H,34,35). The molecule has 2 aromatic carbocycles. The van der Waals surface area contributed by atoms with Crippen LogP contribution in [0.3, 0.4) is 0 Å². The molecule has 0 saturated heterocycles. The van der Waals surface area contributed by atoms with Crippen LogP contribution >= 0.6 is 0 Å². The molecule has 0 aromatic heterocycles. The first-order valence-electron chi connectivity index (χ1n) is 10.9. The lowest BCUT2D eigenvalue weighted by Crippen LogP contribution is -2.57. The molecular weight excluding hydrogens is 456 g/mol. The van der Waals surface area contributed by atoms with E-state index in [0.717, 1.165) is 5.56 Å². The van der Waals surface area contributed by atoms with Gasteiger partial charge in [0.15, 0.2) is 0 Å². The van der Waals surface area contributed by atoms with E-state index in [1.807, 2.05) is 6.07 Å². The van der Waals surface area contributed by atoms with Crippen molar-refractivity contribution < 1.29 is 34.5 Å². The minimum atomic E-state index is -1.37. The number of carboxylic acids is 1. The molecular formula is C24H30N4O7. The van der Waals surface area contributed by atoms with Crippen LogP contribution in [-0.2, 0) is 32.0 Å². The summed E-state index contributed by atoms with van der Waals surface area (Å²) in [6, 6.07) is 11.3. The topological polar surface area (TPSA) is 191 Å². The van der Waals surface area contributed by atoms with Gasteiger partial charge in [-0.15, -0.1) is 0 Å². The van der Waals surface area contributed by atoms with Gasteiger partial charge in [-0.25, -0.2) is 4.79 Å². The van der Waals surface area contributed by atoms with Crippen molar-refractivity contribution in [1.29, 1.82) is 0 Å². The van der Waals surface area contributed by atoms with Crippen LogP contribution in [0.2, 0.25) is 0 Å². The van der Waals surface area contributed by atoms with Crippen molar-refractivity contribution in [2.75, 3.05) is 6.54 Å². The van der Waals surface area contributed by atoms with Crippen LogP contribution in [0.5, 0.6) is 5.75 Å². The fourth-order valence-electron chi connectivity index (χ4n) is 3.22. The maximum Gasteiger partial charge on any atom is 0.326 e. The zero-order valence-corrected chi connectivity index (χ0v) is 19.2. The van der Waals surface area contributed by atoms with Gasteiger partial charge in [-0.3, -0.25) is 14.4 Å². The molecule has 35 heavy (non-hydrogen) atoms. The number of phenolic OH excluding ortho intramolecular Hbond substituents is 1. The molecule has 11 heteroatoms. The molecule has 11 nitrogen and oxygen atoms in total. The molecule has 188 valence electrons. The van der Waals surface area contributed by atoms with E-state index in [1.165, 1.54) is 31.2 Å². The molecule has 0 aliphatic rings. The van der Waals surface area contributed by atoms with Crippen molar-refractivity contribution in [3.63, 3.8) is 0 Å². The number of aromatic hydroxyl groups is 1. The van der Waals surface area contributed by atoms with Crippen molar-refractivity contribution in [3.05, 3.63) is 65.7 Å². The number of hydrogen-bond acceptors (Lipinski definition) is 7. The molecule has 3 amide bonds. The van der Waals surface area contributed by atoms with Crippen LogP contribution in [-0.4, -0.2) is 69.8 Å². The number of carbonyl (C=O) groups is 4. The Morgan fingerprint density at radius 1 is 0.886 bits per heavy atom. The average Bonchev–Trinajstić information content (AvgIpc) is 2.82. The number of phenols is 1. The minimum absolute atomic E-state index is 0.0214. The quantitative estimate of drug-likeness (QED) is 0.200. The van der Waals surface area contributed by atoms with Crippen LogP contribution < -0.4 is 21.7 Å². The summed E-state index contributed by atoms with van der Waals surface area (Å²) < 4.78 is 0. The molecule has 0 fully saturated rings. The Kier molecular flexibility index (Phi) is 10.2. The second kappa shape index (κ2) is 13.1. The van der Waals surface area contributed by atoms with E-state index >= 15 is 0 Å². The Bertz CT molecular complexity index is 1010. The normalized spacial score (nSPS) is 14.1. The van der Waals surface area contributed by atoms with Crippen molar-refractivity contribution >= 4 is 23.7 Å². The number of rotatable bonds is 12. The fourth-order valence-corrected chi connectivity index (χ4v) is 3.22. The molecule has 0 heterocycles. The van der Waals surface area contributed by atoms with Gasteiger partial charge in [-0.2, -0.15) is 0 Å². The molecule has 0 aliphatic heterocycles. The van der Waals surface area contributed by atoms with Crippen LogP contribution in [0.25, 0.3) is 0 Å². The van der Waals surface area contributed by atoms with Gasteiger partial charge in [0.05, 0.1) is 18.7 Å². The second-order valence-corrected chi connectivity index (χ2v) is 8.07. The largest absolute Gasteiger partial charge is 0.508 e. The summed E-state index contributed by atoms with van der Waals surface area (Å²) in [7, 11) is 0. The van der Waals surface area contributed by atoms with Crippen LogP contribution in [0.1, 0.15) is 18.1 Å². The number of carbonyl (C=O) groups excluding carboxylic acids is 3. The van der Waals surface area contributed by atoms with E-state index in [4.69, 9.17) is 5.73 Å². The van der Waals surface area contributed by atoms with Crippen LogP contribution in [0, 0.1) is 0 Å². The number of amides is 3. The molecule has 4 atom stereocenters. The number of aliphatic hydroxyl groups is 1. The SMILES string of the molecule is CC(O)C(NC(=O)C(N)Cc1ccccc1)C(=O)NCC(=O)NC(Cc1ccc(O)cc1)C(=O)O. The van der Waals surface area contributed by atoms with Gasteiger partial charge in [0.1, 0.15) is 17.8 Å². The van der Waals surface area contributed by atoms with Crippen molar-refractivity contribution in [1.82, 2.24) is 16.0 Å². The van der Waals surface area contributed by atoms with E-state index < -0.39 is 54.5 Å². The highest BCUT2D eigenvalue weighted by Crippen LogP contribution is 2.11. The lowest BCUT2D eigenvalue weighted by atomic mass is 10.0. The Hall–Kier alpha value is -3.96. The number of nitrogens with one attached hydrogen (secondary N) is 3. The second-order valence-electron chi connectivity index (χ2n) is 8.07. The minimum Gasteiger partial charge on any atom is -0.508 e. The van der Waals surface area contributed by atoms with Crippen molar-refractivity contribution in [3.8, 4) is 5.75 Å². The fraction of sp³-hybridized carbons (Fsp3) is 0.333. The lowest BCUT2D eigenvalue weighted by molar-refractivity contribution is -0.141. The maximum absolute atomic E-state index is 12.5. The summed E-state index contributed by atoms with van der Waals surface area (Å²) >= 11 is 0. The zero-order valence-electron chi connectivity index (χ0n) is 19.2. The summed E-state index contributed by atoms with van der Waals surface area (Å²) in [6.07, 6.45) is -1.10. The molecule has 0 saturated carbocycles. The third kappa shape index (κ3) is 9.07. The molecule has 0 aliphatic carbocycles. The van der Waals surface area contributed by atoms with Gasteiger partial charge in [-0.1, -0.05) is 42.5 Å². The summed E-state index contributed by atoms with van der Waals surface area (Å²) in [5, 5.41) is 35.6. The smallest absolute Gasteiger partial charge is 0.326 e. The molecule has 2 rings (SSSR count). The molecule has 0 radical (unpaired) electrons. The number of hydrogen-bond donors (Lipinski definition) is 7. The highest BCUT2D eigenvalue weighted by Gasteiger charge is 2.28. The third-order valence-corrected chi connectivity index (χ3v) is 5.13. The van der Waals surface area contributed by atoms with Gasteiger partial charge in [0, 0.05) is 6.42 Å². The summed E-state index contributed by atoms with van der Waals surface area (Å²) in [5.41, 5.74) is 7.31. The number of aliphatic hydroxyl groups excluding tert-OH is 1. The Morgan fingerprint density at radius 2 is 1.49 bits per heavy atom. The van der Waals surface area contributed by atoms with Gasteiger partial charge in [0.25, 0.3) is 0 Å². The molecule has 0 bridgehead atoms. The third-order valence-electron chi connectivity index (χ3n) is 5.13. The van der Waals surface area contributed by atoms with E-state index in [2.05, 4.69) is 16.0 Å². The average molecular weight is 487 g/mol. The molecule has 0 spiro atoms. The molecule has 2 aromatic rings. The zero-order chi connectivity index (χ0) is 26.0. The van der Waals surface area contributed by atoms with Gasteiger partial charge in [0.2, 0.25) is 17.7 Å². The molecule has 4 unspecified atom stereocenters. The lowest BCUT2D eigenvalue weighted by Gasteiger charge is -2.23. The van der Waals surface area contributed by atoms with Crippen molar-refractivity contribution in [2.24, 2.45) is 5.73 Å². The van der Waals surface area contributed by atoms with E-state index in [9.17, 15) is 34.5 Å². The number of carboxylic acid groups (broad SMARTS) is 1. The number of aliphatic carboxylic acids is 1. The summed E-state index contributed by atoms with van der Waals surface area (Å²) in [5.74, 6) is -3.52. The van der Waals surface area contributed by atoms with Gasteiger partial charge >= 0.3 is 5.97 Å². The van der Waals surface area contributed by atoms with E-state index in [-0.39, 0.29) is 18.6 Å². The maximum atomic E-state index is 12.5. The van der Waals surface area contributed by atoms with Crippen LogP contribution in [0.4, 0.5) is 0 Å².